The number of aromatic amines is 1. The van der Waals surface area contributed by atoms with Gasteiger partial charge in [-0.1, -0.05) is 6.07 Å². The molecule has 0 saturated carbocycles. The maximum atomic E-state index is 12.2. The second-order valence-electron chi connectivity index (χ2n) is 4.23. The van der Waals surface area contributed by atoms with Crippen LogP contribution < -0.4 is 0 Å². The first-order valence-corrected chi connectivity index (χ1v) is 7.32. The van der Waals surface area contributed by atoms with Crippen LogP contribution in [0.5, 0.6) is 0 Å². The van der Waals surface area contributed by atoms with Gasteiger partial charge in [-0.2, -0.15) is 4.31 Å². The summed E-state index contributed by atoms with van der Waals surface area (Å²) in [6.45, 7) is 2.09. The summed E-state index contributed by atoms with van der Waals surface area (Å²) in [5.74, 6) is 0.580. The highest BCUT2D eigenvalue weighted by Gasteiger charge is 2.22. The molecule has 102 valence electrons. The minimum Gasteiger partial charge on any atom is -0.332 e. The molecule has 0 bridgehead atoms. The van der Waals surface area contributed by atoms with E-state index in [2.05, 4.69) is 15.0 Å². The van der Waals surface area contributed by atoms with E-state index in [-0.39, 0.29) is 5.03 Å². The molecule has 0 aliphatic rings. The van der Waals surface area contributed by atoms with Gasteiger partial charge >= 0.3 is 0 Å². The van der Waals surface area contributed by atoms with E-state index in [1.54, 1.807) is 20.2 Å². The summed E-state index contributed by atoms with van der Waals surface area (Å²) < 4.78 is 25.7. The predicted octanol–water partition coefficient (Wildman–Crippen LogP) is 0.976. The lowest BCUT2D eigenvalue weighted by Crippen LogP contribution is -2.29. The average molecular weight is 280 g/mol. The fourth-order valence-electron chi connectivity index (χ4n) is 1.64. The van der Waals surface area contributed by atoms with E-state index in [4.69, 9.17) is 0 Å². The Kier molecular flexibility index (Phi) is 3.96. The lowest BCUT2D eigenvalue weighted by Gasteiger charge is -2.15. The van der Waals surface area contributed by atoms with Gasteiger partial charge < -0.3 is 4.98 Å². The number of aryl methyl sites for hydroxylation is 1. The van der Waals surface area contributed by atoms with E-state index in [1.807, 2.05) is 18.2 Å². The summed E-state index contributed by atoms with van der Waals surface area (Å²) in [4.78, 5) is 10.8. The van der Waals surface area contributed by atoms with Crippen molar-refractivity contribution in [2.75, 3.05) is 13.6 Å². The van der Waals surface area contributed by atoms with Crippen molar-refractivity contribution in [3.8, 4) is 0 Å². The molecule has 0 aliphatic heterocycles. The molecule has 0 radical (unpaired) electrons. The quantitative estimate of drug-likeness (QED) is 0.885. The smallest absolute Gasteiger partial charge is 0.259 e. The van der Waals surface area contributed by atoms with Crippen LogP contribution >= 0.6 is 0 Å². The first-order chi connectivity index (χ1) is 9.00. The molecular formula is C12H16N4O2S. The third kappa shape index (κ3) is 3.18. The number of H-pyrrole nitrogens is 1. The second kappa shape index (κ2) is 5.50. The molecule has 0 fully saturated rings. The topological polar surface area (TPSA) is 79.0 Å². The van der Waals surface area contributed by atoms with Crippen LogP contribution in [0.15, 0.2) is 35.6 Å². The minimum absolute atomic E-state index is 0.119. The van der Waals surface area contributed by atoms with Crippen molar-refractivity contribution in [3.63, 3.8) is 0 Å². The summed E-state index contributed by atoms with van der Waals surface area (Å²) in [5.41, 5.74) is 0.866. The highest BCUT2D eigenvalue weighted by molar-refractivity contribution is 7.89. The zero-order valence-electron chi connectivity index (χ0n) is 10.9. The molecule has 2 heterocycles. The number of nitrogens with one attached hydrogen (secondary N) is 1. The Balaban J connectivity index is 2.05. The van der Waals surface area contributed by atoms with E-state index >= 15 is 0 Å². The fourth-order valence-corrected chi connectivity index (χ4v) is 2.77. The summed E-state index contributed by atoms with van der Waals surface area (Å²) in [7, 11) is -1.95. The standard InChI is InChI=1S/C12H16N4O2S/c1-10-14-9-12(15-10)19(17,18)16(2)8-6-11-5-3-4-7-13-11/h3-5,7,9H,6,8H2,1-2H3,(H,14,15). The summed E-state index contributed by atoms with van der Waals surface area (Å²) in [5, 5.41) is 0.119. The summed E-state index contributed by atoms with van der Waals surface area (Å²) in [6.07, 6.45) is 3.60. The van der Waals surface area contributed by atoms with Crippen LogP contribution in [0.4, 0.5) is 0 Å². The van der Waals surface area contributed by atoms with Crippen molar-refractivity contribution in [2.45, 2.75) is 18.4 Å². The van der Waals surface area contributed by atoms with E-state index in [0.29, 0.717) is 18.8 Å². The molecule has 2 aromatic rings. The maximum Gasteiger partial charge on any atom is 0.259 e. The van der Waals surface area contributed by atoms with Crippen LogP contribution in [-0.4, -0.2) is 41.3 Å². The molecule has 0 aliphatic carbocycles. The molecule has 19 heavy (non-hydrogen) atoms. The highest BCUT2D eigenvalue weighted by Crippen LogP contribution is 2.12. The Hall–Kier alpha value is -1.73. The van der Waals surface area contributed by atoms with Gasteiger partial charge in [-0.3, -0.25) is 4.98 Å². The Bertz CT molecular complexity index is 637. The number of rotatable bonds is 5. The largest absolute Gasteiger partial charge is 0.332 e. The summed E-state index contributed by atoms with van der Waals surface area (Å²) >= 11 is 0. The third-order valence-corrected chi connectivity index (χ3v) is 4.54. The van der Waals surface area contributed by atoms with Crippen molar-refractivity contribution in [1.29, 1.82) is 0 Å². The molecular weight excluding hydrogens is 264 g/mol. The van der Waals surface area contributed by atoms with Gasteiger partial charge in [0, 0.05) is 31.9 Å². The molecule has 2 rings (SSSR count). The SMILES string of the molecule is Cc1ncc(S(=O)(=O)N(C)CCc2ccccn2)[nH]1. The van der Waals surface area contributed by atoms with Gasteiger partial charge in [0.2, 0.25) is 0 Å². The van der Waals surface area contributed by atoms with Crippen LogP contribution in [0.1, 0.15) is 11.5 Å². The molecule has 0 spiro atoms. The molecule has 0 aromatic carbocycles. The Morgan fingerprint density at radius 2 is 2.11 bits per heavy atom. The number of likely N-dealkylation sites (N-methyl/N-ethyl adjacent to an activating group) is 1. The number of hydrogen-bond donors (Lipinski definition) is 1. The second-order valence-corrected chi connectivity index (χ2v) is 6.24. The van der Waals surface area contributed by atoms with E-state index in [0.717, 1.165) is 5.69 Å². The van der Waals surface area contributed by atoms with Crippen LogP contribution in [-0.2, 0) is 16.4 Å². The Labute approximate surface area is 112 Å². The van der Waals surface area contributed by atoms with Gasteiger partial charge in [-0.05, 0) is 19.1 Å². The highest BCUT2D eigenvalue weighted by atomic mass is 32.2. The zero-order chi connectivity index (χ0) is 13.9. The van der Waals surface area contributed by atoms with Crippen molar-refractivity contribution in [2.24, 2.45) is 0 Å². The maximum absolute atomic E-state index is 12.2. The molecule has 6 nitrogen and oxygen atoms in total. The first-order valence-electron chi connectivity index (χ1n) is 5.88. The number of hydrogen-bond acceptors (Lipinski definition) is 4. The monoisotopic (exact) mass is 280 g/mol. The molecule has 0 unspecified atom stereocenters. The molecule has 0 saturated heterocycles. The number of nitrogens with zero attached hydrogens (tertiary/aromatic N) is 3. The van der Waals surface area contributed by atoms with Crippen molar-refractivity contribution < 1.29 is 8.42 Å². The normalized spacial score (nSPS) is 11.9. The van der Waals surface area contributed by atoms with E-state index in [1.165, 1.54) is 10.5 Å². The number of sulfonamides is 1. The fraction of sp³-hybridized carbons (Fsp3) is 0.333. The molecule has 0 amide bonds. The summed E-state index contributed by atoms with van der Waals surface area (Å²) in [6, 6.07) is 5.59. The van der Waals surface area contributed by atoms with E-state index < -0.39 is 10.0 Å². The molecule has 2 aromatic heterocycles. The van der Waals surface area contributed by atoms with Crippen molar-refractivity contribution in [3.05, 3.63) is 42.1 Å². The predicted molar refractivity (Wildman–Crippen MR) is 71.1 cm³/mol. The lowest BCUT2D eigenvalue weighted by molar-refractivity contribution is 0.468. The number of aromatic nitrogens is 3. The molecule has 0 atom stereocenters. The van der Waals surface area contributed by atoms with Gasteiger partial charge in [0.15, 0.2) is 5.03 Å². The third-order valence-electron chi connectivity index (χ3n) is 2.78. The van der Waals surface area contributed by atoms with Gasteiger partial charge in [0.1, 0.15) is 5.82 Å². The Morgan fingerprint density at radius 3 is 2.68 bits per heavy atom. The molecule has 1 N–H and O–H groups in total. The van der Waals surface area contributed by atoms with Crippen LogP contribution in [0.25, 0.3) is 0 Å². The van der Waals surface area contributed by atoms with Gasteiger partial charge in [-0.25, -0.2) is 13.4 Å². The van der Waals surface area contributed by atoms with Gasteiger partial charge in [-0.15, -0.1) is 0 Å². The van der Waals surface area contributed by atoms with Crippen molar-refractivity contribution >= 4 is 10.0 Å². The van der Waals surface area contributed by atoms with Crippen LogP contribution in [0.3, 0.4) is 0 Å². The zero-order valence-corrected chi connectivity index (χ0v) is 11.7. The van der Waals surface area contributed by atoms with Crippen LogP contribution in [0.2, 0.25) is 0 Å². The first kappa shape index (κ1) is 13.7. The van der Waals surface area contributed by atoms with Crippen LogP contribution in [0, 0.1) is 6.92 Å². The molecule has 7 heteroatoms. The number of imidazole rings is 1. The minimum atomic E-state index is -3.50. The number of pyridine rings is 1. The van der Waals surface area contributed by atoms with Gasteiger partial charge in [0.05, 0.1) is 6.20 Å². The van der Waals surface area contributed by atoms with Crippen molar-refractivity contribution in [1.82, 2.24) is 19.3 Å². The Morgan fingerprint density at radius 1 is 1.32 bits per heavy atom. The van der Waals surface area contributed by atoms with E-state index in [9.17, 15) is 8.42 Å². The lowest BCUT2D eigenvalue weighted by atomic mass is 10.3. The average Bonchev–Trinajstić information content (AvgIpc) is 2.84. The van der Waals surface area contributed by atoms with Gasteiger partial charge in [0.25, 0.3) is 10.0 Å².